The first-order valence-electron chi connectivity index (χ1n) is 10.5. The molecule has 1 amide bonds. The van der Waals surface area contributed by atoms with E-state index >= 15 is 0 Å². The zero-order valence-electron chi connectivity index (χ0n) is 17.9. The lowest BCUT2D eigenvalue weighted by atomic mass is 9.82. The molecule has 33 heavy (non-hydrogen) atoms. The van der Waals surface area contributed by atoms with Gasteiger partial charge in [0.15, 0.2) is 10.9 Å². The molecule has 2 aromatic rings. The van der Waals surface area contributed by atoms with Crippen molar-refractivity contribution in [3.8, 4) is 0 Å². The molecule has 4 heterocycles. The molecule has 10 nitrogen and oxygen atoms in total. The predicted octanol–water partition coefficient (Wildman–Crippen LogP) is 1.11. The number of methoxy groups -OCH3 is 1. The van der Waals surface area contributed by atoms with Crippen LogP contribution in [0.5, 0.6) is 0 Å². The van der Waals surface area contributed by atoms with Gasteiger partial charge in [-0.2, -0.15) is 0 Å². The first-order valence-corrected chi connectivity index (χ1v) is 11.4. The van der Waals surface area contributed by atoms with Crippen LogP contribution in [0.15, 0.2) is 46.8 Å². The van der Waals surface area contributed by atoms with Gasteiger partial charge < -0.3 is 30.7 Å². The van der Waals surface area contributed by atoms with Crippen molar-refractivity contribution in [2.45, 2.75) is 24.7 Å². The van der Waals surface area contributed by atoms with E-state index in [1.54, 1.807) is 14.0 Å². The van der Waals surface area contributed by atoms with Crippen molar-refractivity contribution in [3.63, 3.8) is 0 Å². The van der Waals surface area contributed by atoms with Gasteiger partial charge in [0, 0.05) is 30.8 Å². The van der Waals surface area contributed by atoms with Crippen LogP contribution in [-0.4, -0.2) is 65.6 Å². The number of nitrogens with zero attached hydrogens (tertiary/aromatic N) is 2. The molecule has 170 valence electrons. The quantitative estimate of drug-likeness (QED) is 0.435. The number of amides is 1. The fraction of sp³-hybridized carbons (Fsp3) is 0.364. The Morgan fingerprint density at radius 2 is 2.15 bits per heavy atom. The largest absolute Gasteiger partial charge is 0.449 e. The number of thiazole rings is 1. The van der Waals surface area contributed by atoms with Gasteiger partial charge in [0.05, 0.1) is 33.6 Å². The molecule has 6 rings (SSSR count). The van der Waals surface area contributed by atoms with Crippen molar-refractivity contribution in [1.29, 1.82) is 0 Å². The molecule has 0 bridgehead atoms. The number of hydrogen-bond donors (Lipinski definition) is 3. The maximum absolute atomic E-state index is 13.8. The number of piperazine rings is 1. The third-order valence-corrected chi connectivity index (χ3v) is 7.91. The number of para-hydroxylation sites is 1. The third kappa shape index (κ3) is 2.66. The van der Waals surface area contributed by atoms with E-state index in [-0.39, 0.29) is 41.5 Å². The number of hydrogen-bond acceptors (Lipinski definition) is 10. The molecule has 11 heteroatoms. The fourth-order valence-electron chi connectivity index (χ4n) is 5.47. The van der Waals surface area contributed by atoms with Crippen molar-refractivity contribution in [2.75, 3.05) is 25.6 Å². The van der Waals surface area contributed by atoms with E-state index in [1.165, 1.54) is 11.3 Å². The van der Waals surface area contributed by atoms with Crippen LogP contribution in [0.25, 0.3) is 10.2 Å². The van der Waals surface area contributed by atoms with Crippen molar-refractivity contribution in [2.24, 2.45) is 11.7 Å². The van der Waals surface area contributed by atoms with Crippen molar-refractivity contribution in [1.82, 2.24) is 15.2 Å². The summed E-state index contributed by atoms with van der Waals surface area (Å²) < 4.78 is 12.1. The molecular weight excluding hydrogens is 446 g/mol. The summed E-state index contributed by atoms with van der Waals surface area (Å²) >= 11 is 1.40. The molecule has 4 N–H and O–H groups in total. The van der Waals surface area contributed by atoms with Gasteiger partial charge in [0.2, 0.25) is 11.6 Å². The molecule has 2 fully saturated rings. The number of primary amides is 1. The number of benzene rings is 1. The molecule has 4 atom stereocenters. The van der Waals surface area contributed by atoms with Crippen LogP contribution in [0.1, 0.15) is 6.92 Å². The van der Waals surface area contributed by atoms with Crippen molar-refractivity contribution >= 4 is 44.3 Å². The van der Waals surface area contributed by atoms with E-state index in [9.17, 15) is 14.4 Å². The standard InChI is InChI=1S/C22H21N5O5S/c1-9-15(26-21-25-11-5-3-4-6-13(11)33-21)18(29)14-10(8-32-20(23)30)22(31-2)19-12(24-19)7-27(22)16(14)17(9)28/h3-6,10,12,19,24H,7-8H2,1-2H3,(H2,23,30)(H,25,26)/t10-,12+,19+,22?/m0/s1. The van der Waals surface area contributed by atoms with Gasteiger partial charge in [-0.15, -0.1) is 0 Å². The Labute approximate surface area is 192 Å². The number of carbonyl (C=O) groups is 3. The van der Waals surface area contributed by atoms with Crippen LogP contribution in [0.3, 0.4) is 0 Å². The second-order valence-electron chi connectivity index (χ2n) is 8.53. The highest BCUT2D eigenvalue weighted by Gasteiger charge is 2.72. The molecule has 0 saturated carbocycles. The van der Waals surface area contributed by atoms with Gasteiger partial charge in [-0.05, 0) is 19.1 Å². The zero-order valence-corrected chi connectivity index (χ0v) is 18.7. The SMILES string of the molecule is COC12[C@@H]3N[C@@H]3CN1C1=C(C(=O)C(Nc3nc4ccccc4s3)=C(C)C1=O)[C@@H]2COC(N)=O. The van der Waals surface area contributed by atoms with E-state index < -0.39 is 17.7 Å². The molecule has 0 spiro atoms. The van der Waals surface area contributed by atoms with Crippen LogP contribution in [0.4, 0.5) is 9.93 Å². The number of aromatic nitrogens is 1. The van der Waals surface area contributed by atoms with E-state index in [0.717, 1.165) is 10.2 Å². The maximum atomic E-state index is 13.8. The van der Waals surface area contributed by atoms with Crippen LogP contribution in [-0.2, 0) is 19.1 Å². The average Bonchev–Trinajstić information content (AvgIpc) is 3.21. The molecular formula is C22H21N5O5S. The highest BCUT2D eigenvalue weighted by atomic mass is 32.1. The zero-order chi connectivity index (χ0) is 23.1. The number of rotatable bonds is 5. The summed E-state index contributed by atoms with van der Waals surface area (Å²) in [5.41, 5.74) is 6.12. The summed E-state index contributed by atoms with van der Waals surface area (Å²) in [7, 11) is 1.54. The fourth-order valence-corrected chi connectivity index (χ4v) is 6.34. The number of ether oxygens (including phenoxy) is 2. The summed E-state index contributed by atoms with van der Waals surface area (Å²) in [5, 5.41) is 6.95. The lowest BCUT2D eigenvalue weighted by molar-refractivity contribution is -0.137. The monoisotopic (exact) mass is 467 g/mol. The minimum absolute atomic E-state index is 0.0869. The third-order valence-electron chi connectivity index (χ3n) is 6.95. The molecule has 0 radical (unpaired) electrons. The van der Waals surface area contributed by atoms with Crippen LogP contribution in [0.2, 0.25) is 0 Å². The minimum atomic E-state index is -0.998. The number of anilines is 1. The van der Waals surface area contributed by atoms with Gasteiger partial charge in [-0.25, -0.2) is 9.78 Å². The summed E-state index contributed by atoms with van der Waals surface area (Å²) in [6, 6.07) is 7.69. The topological polar surface area (TPSA) is 146 Å². The van der Waals surface area contributed by atoms with Crippen molar-refractivity contribution < 1.29 is 23.9 Å². The molecule has 1 aliphatic carbocycles. The highest BCUT2D eigenvalue weighted by molar-refractivity contribution is 7.22. The Morgan fingerprint density at radius 1 is 1.36 bits per heavy atom. The lowest BCUT2D eigenvalue weighted by Gasteiger charge is -2.39. The van der Waals surface area contributed by atoms with Gasteiger partial charge >= 0.3 is 6.09 Å². The average molecular weight is 468 g/mol. The van der Waals surface area contributed by atoms with Crippen LogP contribution in [0, 0.1) is 5.92 Å². The summed E-state index contributed by atoms with van der Waals surface area (Å²) in [6.07, 6.45) is -0.950. The number of nitrogens with one attached hydrogen (secondary N) is 2. The Morgan fingerprint density at radius 3 is 2.88 bits per heavy atom. The number of carbonyl (C=O) groups excluding carboxylic acids is 3. The van der Waals surface area contributed by atoms with E-state index in [1.807, 2.05) is 29.2 Å². The second-order valence-corrected chi connectivity index (χ2v) is 9.56. The lowest BCUT2D eigenvalue weighted by Crippen LogP contribution is -2.55. The Bertz CT molecular complexity index is 1280. The summed E-state index contributed by atoms with van der Waals surface area (Å²) in [4.78, 5) is 45.2. The number of allylic oxidation sites excluding steroid dienone is 2. The summed E-state index contributed by atoms with van der Waals surface area (Å²) in [5.74, 6) is -1.26. The Kier molecular flexibility index (Phi) is 4.23. The number of fused-ring (bicyclic) bond motifs is 5. The normalized spacial score (nSPS) is 30.0. The molecule has 1 aromatic carbocycles. The molecule has 2 saturated heterocycles. The van der Waals surface area contributed by atoms with E-state index in [4.69, 9.17) is 15.2 Å². The number of ketones is 2. The highest BCUT2D eigenvalue weighted by Crippen LogP contribution is 2.55. The van der Waals surface area contributed by atoms with Gasteiger partial charge in [0.25, 0.3) is 0 Å². The number of nitrogens with two attached hydrogens (primary N) is 1. The molecule has 3 aliphatic heterocycles. The maximum Gasteiger partial charge on any atom is 0.404 e. The summed E-state index contributed by atoms with van der Waals surface area (Å²) in [6.45, 7) is 1.99. The second kappa shape index (κ2) is 6.86. The Balaban J connectivity index is 1.41. The van der Waals surface area contributed by atoms with Gasteiger partial charge in [-0.1, -0.05) is 23.5 Å². The first-order chi connectivity index (χ1) is 15.9. The van der Waals surface area contributed by atoms with E-state index in [2.05, 4.69) is 15.6 Å². The molecule has 1 aromatic heterocycles. The minimum Gasteiger partial charge on any atom is -0.449 e. The van der Waals surface area contributed by atoms with Crippen LogP contribution >= 0.6 is 11.3 Å². The van der Waals surface area contributed by atoms with Gasteiger partial charge in [0.1, 0.15) is 6.61 Å². The molecule has 4 aliphatic rings. The Hall–Kier alpha value is -3.28. The first kappa shape index (κ1) is 20.3. The van der Waals surface area contributed by atoms with E-state index in [0.29, 0.717) is 22.9 Å². The molecule has 1 unspecified atom stereocenters. The van der Waals surface area contributed by atoms with Crippen molar-refractivity contribution in [3.05, 3.63) is 46.8 Å². The number of Topliss-reactive ketones (excluding diaryl/α,β-unsaturated/α-hetero) is 2. The smallest absolute Gasteiger partial charge is 0.404 e. The predicted molar refractivity (Wildman–Crippen MR) is 119 cm³/mol. The van der Waals surface area contributed by atoms with Gasteiger partial charge in [-0.3, -0.25) is 9.59 Å². The van der Waals surface area contributed by atoms with Crippen LogP contribution < -0.4 is 16.4 Å².